The molecule has 108 valence electrons. The first kappa shape index (κ1) is 15.4. The molecule has 0 aliphatic heterocycles. The smallest absolute Gasteiger partial charge is 0.271 e. The topological polar surface area (TPSA) is 137 Å². The van der Waals surface area contributed by atoms with Gasteiger partial charge in [0.1, 0.15) is 5.75 Å². The summed E-state index contributed by atoms with van der Waals surface area (Å²) in [6.07, 6.45) is 0. The van der Waals surface area contributed by atoms with E-state index in [0.29, 0.717) is 0 Å². The van der Waals surface area contributed by atoms with E-state index in [1.165, 1.54) is 25.3 Å². The van der Waals surface area contributed by atoms with Crippen LogP contribution in [0.15, 0.2) is 18.2 Å². The number of non-ortho nitro benzene ring substituents is 1. The average Bonchev–Trinajstić information content (AvgIpc) is 2.44. The zero-order valence-corrected chi connectivity index (χ0v) is 10.7. The molecule has 9 nitrogen and oxygen atoms in total. The molecule has 0 aromatic heterocycles. The molecular formula is C11H14N4O5. The minimum atomic E-state index is -0.592. The van der Waals surface area contributed by atoms with Crippen LogP contribution in [0.3, 0.4) is 0 Å². The van der Waals surface area contributed by atoms with Crippen molar-refractivity contribution in [3.8, 4) is 5.75 Å². The Morgan fingerprint density at radius 2 is 2.10 bits per heavy atom. The zero-order chi connectivity index (χ0) is 15.1. The number of ether oxygens (including phenoxy) is 1. The third-order valence-electron chi connectivity index (χ3n) is 2.30. The van der Waals surface area contributed by atoms with Crippen LogP contribution in [0.1, 0.15) is 0 Å². The first-order chi connectivity index (χ1) is 9.47. The summed E-state index contributed by atoms with van der Waals surface area (Å²) in [5.41, 5.74) is 5.03. The second kappa shape index (κ2) is 7.04. The van der Waals surface area contributed by atoms with E-state index in [0.717, 1.165) is 0 Å². The molecule has 0 atom stereocenters. The molecule has 2 amide bonds. The largest absolute Gasteiger partial charge is 0.495 e. The predicted octanol–water partition coefficient (Wildman–Crippen LogP) is -0.383. The van der Waals surface area contributed by atoms with Crippen molar-refractivity contribution >= 4 is 23.2 Å². The van der Waals surface area contributed by atoms with Crippen LogP contribution in [0.2, 0.25) is 0 Å². The summed E-state index contributed by atoms with van der Waals surface area (Å²) in [5.74, 6) is -0.758. The van der Waals surface area contributed by atoms with Crippen LogP contribution >= 0.6 is 0 Å². The molecule has 0 radical (unpaired) electrons. The highest BCUT2D eigenvalue weighted by Crippen LogP contribution is 2.28. The highest BCUT2D eigenvalue weighted by atomic mass is 16.6. The van der Waals surface area contributed by atoms with Gasteiger partial charge >= 0.3 is 0 Å². The maximum absolute atomic E-state index is 11.6. The van der Waals surface area contributed by atoms with Crippen LogP contribution in [-0.4, -0.2) is 36.9 Å². The van der Waals surface area contributed by atoms with E-state index >= 15 is 0 Å². The molecule has 1 aromatic rings. The monoisotopic (exact) mass is 282 g/mol. The van der Waals surface area contributed by atoms with Gasteiger partial charge < -0.3 is 21.1 Å². The van der Waals surface area contributed by atoms with Gasteiger partial charge in [-0.1, -0.05) is 0 Å². The van der Waals surface area contributed by atoms with Gasteiger partial charge in [-0.05, 0) is 6.07 Å². The number of amides is 2. The Kier molecular flexibility index (Phi) is 5.42. The van der Waals surface area contributed by atoms with Gasteiger partial charge in [-0.25, -0.2) is 0 Å². The Hall–Kier alpha value is -2.68. The summed E-state index contributed by atoms with van der Waals surface area (Å²) in [6.45, 7) is -0.519. The molecule has 0 bridgehead atoms. The molecule has 1 aromatic carbocycles. The number of carbonyl (C=O) groups excluding carboxylic acids is 2. The predicted molar refractivity (Wildman–Crippen MR) is 70.3 cm³/mol. The number of methoxy groups -OCH3 is 1. The molecule has 0 saturated heterocycles. The van der Waals surface area contributed by atoms with Gasteiger partial charge in [-0.2, -0.15) is 0 Å². The van der Waals surface area contributed by atoms with Crippen molar-refractivity contribution in [2.24, 2.45) is 5.73 Å². The summed E-state index contributed by atoms with van der Waals surface area (Å²) >= 11 is 0. The van der Waals surface area contributed by atoms with E-state index in [2.05, 4.69) is 10.6 Å². The van der Waals surface area contributed by atoms with E-state index < -0.39 is 16.7 Å². The Morgan fingerprint density at radius 1 is 1.40 bits per heavy atom. The van der Waals surface area contributed by atoms with Crippen molar-refractivity contribution in [2.45, 2.75) is 0 Å². The van der Waals surface area contributed by atoms with Crippen molar-refractivity contribution in [1.82, 2.24) is 5.32 Å². The maximum Gasteiger partial charge on any atom is 0.271 e. The van der Waals surface area contributed by atoms with Crippen LogP contribution < -0.4 is 21.1 Å². The van der Waals surface area contributed by atoms with Gasteiger partial charge in [-0.3, -0.25) is 19.7 Å². The lowest BCUT2D eigenvalue weighted by Crippen LogP contribution is -2.36. The molecule has 4 N–H and O–H groups in total. The Labute approximate surface area is 114 Å². The Morgan fingerprint density at radius 3 is 2.65 bits per heavy atom. The van der Waals surface area contributed by atoms with Crippen LogP contribution in [0.4, 0.5) is 11.4 Å². The normalized spacial score (nSPS) is 9.70. The summed E-state index contributed by atoms with van der Waals surface area (Å²) in [4.78, 5) is 32.6. The van der Waals surface area contributed by atoms with Gasteiger partial charge in [0, 0.05) is 12.1 Å². The molecule has 0 saturated carbocycles. The standard InChI is InChI=1S/C11H14N4O5/c1-20-9-3-2-7(15(18)19)4-8(9)14-11(17)6-13-10(16)5-12/h2-4H,5-6,12H2,1H3,(H,13,16)(H,14,17). The number of nitrogens with zero attached hydrogens (tertiary/aromatic N) is 1. The van der Waals surface area contributed by atoms with E-state index in [4.69, 9.17) is 10.5 Å². The van der Waals surface area contributed by atoms with Crippen molar-refractivity contribution in [1.29, 1.82) is 0 Å². The second-order valence-corrected chi connectivity index (χ2v) is 3.67. The Balaban J connectivity index is 2.79. The number of anilines is 1. The zero-order valence-electron chi connectivity index (χ0n) is 10.7. The molecule has 0 heterocycles. The molecule has 0 unspecified atom stereocenters. The minimum absolute atomic E-state index is 0.147. The molecule has 9 heteroatoms. The quantitative estimate of drug-likeness (QED) is 0.480. The van der Waals surface area contributed by atoms with Gasteiger partial charge in [0.2, 0.25) is 11.8 Å². The highest BCUT2D eigenvalue weighted by Gasteiger charge is 2.13. The molecule has 0 aliphatic carbocycles. The number of nitrogens with two attached hydrogens (primary N) is 1. The molecule has 1 rings (SSSR count). The molecule has 20 heavy (non-hydrogen) atoms. The number of hydrogen-bond acceptors (Lipinski definition) is 6. The van der Waals surface area contributed by atoms with E-state index in [9.17, 15) is 19.7 Å². The SMILES string of the molecule is COc1ccc([N+](=O)[O-])cc1NC(=O)CNC(=O)CN. The number of hydrogen-bond donors (Lipinski definition) is 3. The second-order valence-electron chi connectivity index (χ2n) is 3.67. The minimum Gasteiger partial charge on any atom is -0.495 e. The lowest BCUT2D eigenvalue weighted by atomic mass is 10.2. The van der Waals surface area contributed by atoms with Gasteiger partial charge in [-0.15, -0.1) is 0 Å². The lowest BCUT2D eigenvalue weighted by Gasteiger charge is -2.10. The highest BCUT2D eigenvalue weighted by molar-refractivity contribution is 5.96. The van der Waals surface area contributed by atoms with Gasteiger partial charge in [0.05, 0.1) is 30.8 Å². The van der Waals surface area contributed by atoms with Crippen molar-refractivity contribution < 1.29 is 19.2 Å². The maximum atomic E-state index is 11.6. The number of nitro benzene ring substituents is 1. The fraction of sp³-hybridized carbons (Fsp3) is 0.273. The first-order valence-electron chi connectivity index (χ1n) is 5.57. The van der Waals surface area contributed by atoms with Crippen LogP contribution in [0.5, 0.6) is 5.75 Å². The summed E-state index contributed by atoms with van der Waals surface area (Å²) in [5, 5.41) is 15.4. The van der Waals surface area contributed by atoms with Crippen molar-refractivity contribution in [2.75, 3.05) is 25.5 Å². The Bertz CT molecular complexity index is 532. The van der Waals surface area contributed by atoms with Gasteiger partial charge in [0.25, 0.3) is 5.69 Å². The summed E-state index contributed by atoms with van der Waals surface area (Å²) < 4.78 is 4.98. The third-order valence-corrected chi connectivity index (χ3v) is 2.30. The summed E-state index contributed by atoms with van der Waals surface area (Å²) in [7, 11) is 1.37. The lowest BCUT2D eigenvalue weighted by molar-refractivity contribution is -0.384. The summed E-state index contributed by atoms with van der Waals surface area (Å²) in [6, 6.07) is 3.79. The van der Waals surface area contributed by atoms with E-state index in [-0.39, 0.29) is 30.2 Å². The van der Waals surface area contributed by atoms with Crippen molar-refractivity contribution in [3.63, 3.8) is 0 Å². The number of rotatable bonds is 6. The molecule has 0 spiro atoms. The van der Waals surface area contributed by atoms with E-state index in [1.807, 2.05) is 0 Å². The third kappa shape index (κ3) is 4.21. The first-order valence-corrected chi connectivity index (χ1v) is 5.57. The van der Waals surface area contributed by atoms with Gasteiger partial charge in [0.15, 0.2) is 0 Å². The number of benzene rings is 1. The van der Waals surface area contributed by atoms with Crippen LogP contribution in [-0.2, 0) is 9.59 Å². The average molecular weight is 282 g/mol. The fourth-order valence-corrected chi connectivity index (χ4v) is 1.35. The molecular weight excluding hydrogens is 268 g/mol. The van der Waals surface area contributed by atoms with Crippen molar-refractivity contribution in [3.05, 3.63) is 28.3 Å². The number of carbonyl (C=O) groups is 2. The fourth-order valence-electron chi connectivity index (χ4n) is 1.35. The van der Waals surface area contributed by atoms with E-state index in [1.54, 1.807) is 0 Å². The molecule has 0 aliphatic rings. The number of nitrogens with one attached hydrogen (secondary N) is 2. The number of nitro groups is 1. The molecule has 0 fully saturated rings. The van der Waals surface area contributed by atoms with Crippen LogP contribution in [0, 0.1) is 10.1 Å². The van der Waals surface area contributed by atoms with Crippen LogP contribution in [0.25, 0.3) is 0 Å².